The van der Waals surface area contributed by atoms with E-state index in [9.17, 15) is 4.79 Å². The Morgan fingerprint density at radius 1 is 1.73 bits per heavy atom. The molecular weight excluding hydrogens is 140 g/mol. The van der Waals surface area contributed by atoms with Crippen LogP contribution in [-0.4, -0.2) is 18.0 Å². The summed E-state index contributed by atoms with van der Waals surface area (Å²) in [7, 11) is 0. The highest BCUT2D eigenvalue weighted by atomic mass is 16.6. The SMILES string of the molecule is C=CC=CCC(=O)C1OC1C. The average Bonchev–Trinajstić information content (AvgIpc) is 2.67. The van der Waals surface area contributed by atoms with Crippen molar-refractivity contribution < 1.29 is 9.53 Å². The first kappa shape index (κ1) is 8.21. The van der Waals surface area contributed by atoms with E-state index >= 15 is 0 Å². The predicted molar refractivity (Wildman–Crippen MR) is 43.3 cm³/mol. The van der Waals surface area contributed by atoms with Crippen LogP contribution in [0.5, 0.6) is 0 Å². The number of hydrogen-bond acceptors (Lipinski definition) is 2. The van der Waals surface area contributed by atoms with E-state index in [2.05, 4.69) is 6.58 Å². The van der Waals surface area contributed by atoms with Gasteiger partial charge in [0.2, 0.25) is 0 Å². The van der Waals surface area contributed by atoms with Crippen LogP contribution in [0.1, 0.15) is 13.3 Å². The number of allylic oxidation sites excluding steroid dienone is 3. The number of rotatable bonds is 4. The van der Waals surface area contributed by atoms with E-state index in [0.29, 0.717) is 6.42 Å². The zero-order chi connectivity index (χ0) is 8.27. The largest absolute Gasteiger partial charge is 0.362 e. The molecule has 2 nitrogen and oxygen atoms in total. The Morgan fingerprint density at radius 2 is 2.36 bits per heavy atom. The summed E-state index contributed by atoms with van der Waals surface area (Å²) >= 11 is 0. The number of ketones is 1. The van der Waals surface area contributed by atoms with Gasteiger partial charge in [0.1, 0.15) is 6.10 Å². The summed E-state index contributed by atoms with van der Waals surface area (Å²) in [4.78, 5) is 11.1. The Hall–Kier alpha value is -0.890. The summed E-state index contributed by atoms with van der Waals surface area (Å²) in [6.45, 7) is 5.41. The first-order chi connectivity index (χ1) is 5.25. The standard InChI is InChI=1S/C9H12O2/c1-3-4-5-6-8(10)9-7(2)11-9/h3-5,7,9H,1,6H2,2H3. The van der Waals surface area contributed by atoms with E-state index < -0.39 is 0 Å². The van der Waals surface area contributed by atoms with Crippen molar-refractivity contribution >= 4 is 5.78 Å². The molecule has 1 saturated heterocycles. The second kappa shape index (κ2) is 3.49. The van der Waals surface area contributed by atoms with Gasteiger partial charge in [-0.05, 0) is 6.92 Å². The molecule has 2 atom stereocenters. The Kier molecular flexibility index (Phi) is 2.60. The van der Waals surface area contributed by atoms with Crippen LogP contribution in [-0.2, 0) is 9.53 Å². The molecule has 0 aromatic carbocycles. The molecule has 11 heavy (non-hydrogen) atoms. The Bertz CT molecular complexity index is 194. The van der Waals surface area contributed by atoms with Gasteiger partial charge in [-0.15, -0.1) is 0 Å². The van der Waals surface area contributed by atoms with Crippen molar-refractivity contribution in [1.82, 2.24) is 0 Å². The normalized spacial score (nSPS) is 28.8. The molecule has 0 bridgehead atoms. The van der Waals surface area contributed by atoms with Gasteiger partial charge in [-0.25, -0.2) is 0 Å². The van der Waals surface area contributed by atoms with Crippen LogP contribution in [0.4, 0.5) is 0 Å². The van der Waals surface area contributed by atoms with E-state index in [1.54, 1.807) is 18.2 Å². The maximum absolute atomic E-state index is 11.1. The van der Waals surface area contributed by atoms with Crippen molar-refractivity contribution in [2.45, 2.75) is 25.6 Å². The highest BCUT2D eigenvalue weighted by Gasteiger charge is 2.39. The summed E-state index contributed by atoms with van der Waals surface area (Å²) in [6.07, 6.45) is 5.68. The number of hydrogen-bond donors (Lipinski definition) is 0. The minimum Gasteiger partial charge on any atom is -0.362 e. The summed E-state index contributed by atoms with van der Waals surface area (Å²) in [5.74, 6) is 0.163. The molecule has 0 aromatic heterocycles. The van der Waals surface area contributed by atoms with Crippen LogP contribution >= 0.6 is 0 Å². The zero-order valence-corrected chi connectivity index (χ0v) is 6.62. The molecule has 0 amide bonds. The lowest BCUT2D eigenvalue weighted by molar-refractivity contribution is -0.119. The molecular formula is C9H12O2. The fourth-order valence-electron chi connectivity index (χ4n) is 0.920. The average molecular weight is 152 g/mol. The number of carbonyl (C=O) groups is 1. The molecule has 1 rings (SSSR count). The van der Waals surface area contributed by atoms with Gasteiger partial charge in [0.05, 0.1) is 6.10 Å². The van der Waals surface area contributed by atoms with Crippen molar-refractivity contribution in [3.05, 3.63) is 24.8 Å². The van der Waals surface area contributed by atoms with Crippen molar-refractivity contribution in [1.29, 1.82) is 0 Å². The number of Topliss-reactive ketones (excluding diaryl/α,β-unsaturated/α-hetero) is 1. The second-order valence-corrected chi connectivity index (χ2v) is 2.60. The van der Waals surface area contributed by atoms with Crippen molar-refractivity contribution in [2.75, 3.05) is 0 Å². The van der Waals surface area contributed by atoms with Gasteiger partial charge in [0.25, 0.3) is 0 Å². The third-order valence-electron chi connectivity index (χ3n) is 1.62. The van der Waals surface area contributed by atoms with E-state index in [4.69, 9.17) is 4.74 Å². The third kappa shape index (κ3) is 2.31. The van der Waals surface area contributed by atoms with Crippen molar-refractivity contribution in [3.8, 4) is 0 Å². The van der Waals surface area contributed by atoms with E-state index in [1.165, 1.54) is 0 Å². The van der Waals surface area contributed by atoms with E-state index in [-0.39, 0.29) is 18.0 Å². The number of epoxide rings is 1. The maximum atomic E-state index is 11.1. The lowest BCUT2D eigenvalue weighted by Crippen LogP contribution is -2.06. The quantitative estimate of drug-likeness (QED) is 0.451. The number of carbonyl (C=O) groups excluding carboxylic acids is 1. The van der Waals surface area contributed by atoms with Gasteiger partial charge in [-0.2, -0.15) is 0 Å². The lowest BCUT2D eigenvalue weighted by Gasteiger charge is -1.86. The maximum Gasteiger partial charge on any atom is 0.167 e. The summed E-state index contributed by atoms with van der Waals surface area (Å²) in [6, 6.07) is 0. The van der Waals surface area contributed by atoms with Crippen LogP contribution in [0, 0.1) is 0 Å². The molecule has 0 aromatic rings. The predicted octanol–water partition coefficient (Wildman–Crippen LogP) is 1.48. The Labute approximate surface area is 66.5 Å². The molecule has 0 saturated carbocycles. The minimum absolute atomic E-state index is 0.135. The van der Waals surface area contributed by atoms with E-state index in [1.807, 2.05) is 6.92 Å². The zero-order valence-electron chi connectivity index (χ0n) is 6.62. The highest BCUT2D eigenvalue weighted by molar-refractivity contribution is 5.86. The van der Waals surface area contributed by atoms with Gasteiger partial charge in [0.15, 0.2) is 5.78 Å². The molecule has 2 unspecified atom stereocenters. The van der Waals surface area contributed by atoms with Crippen LogP contribution in [0.25, 0.3) is 0 Å². The lowest BCUT2D eigenvalue weighted by atomic mass is 10.2. The fourth-order valence-corrected chi connectivity index (χ4v) is 0.920. The van der Waals surface area contributed by atoms with Gasteiger partial charge in [-0.3, -0.25) is 4.79 Å². The monoisotopic (exact) mass is 152 g/mol. The van der Waals surface area contributed by atoms with Gasteiger partial charge < -0.3 is 4.74 Å². The van der Waals surface area contributed by atoms with Crippen LogP contribution in [0.2, 0.25) is 0 Å². The fraction of sp³-hybridized carbons (Fsp3) is 0.444. The Morgan fingerprint density at radius 3 is 2.82 bits per heavy atom. The Balaban J connectivity index is 2.22. The second-order valence-electron chi connectivity index (χ2n) is 2.60. The molecule has 1 aliphatic rings. The molecule has 0 aliphatic carbocycles. The molecule has 1 aliphatic heterocycles. The number of ether oxygens (including phenoxy) is 1. The highest BCUT2D eigenvalue weighted by Crippen LogP contribution is 2.22. The summed E-state index contributed by atoms with van der Waals surface area (Å²) in [5.41, 5.74) is 0. The molecule has 2 heteroatoms. The van der Waals surface area contributed by atoms with Crippen LogP contribution < -0.4 is 0 Å². The summed E-state index contributed by atoms with van der Waals surface area (Å²) in [5, 5.41) is 0. The van der Waals surface area contributed by atoms with Crippen LogP contribution in [0.15, 0.2) is 24.8 Å². The van der Waals surface area contributed by atoms with E-state index in [0.717, 1.165) is 0 Å². The molecule has 0 N–H and O–H groups in total. The van der Waals surface area contributed by atoms with Crippen molar-refractivity contribution in [3.63, 3.8) is 0 Å². The van der Waals surface area contributed by atoms with Crippen molar-refractivity contribution in [2.24, 2.45) is 0 Å². The smallest absolute Gasteiger partial charge is 0.167 e. The minimum atomic E-state index is -0.135. The molecule has 0 radical (unpaired) electrons. The van der Waals surface area contributed by atoms with Gasteiger partial charge >= 0.3 is 0 Å². The molecule has 0 spiro atoms. The summed E-state index contributed by atoms with van der Waals surface area (Å²) < 4.78 is 5.00. The molecule has 1 heterocycles. The van der Waals surface area contributed by atoms with Crippen LogP contribution in [0.3, 0.4) is 0 Å². The molecule has 60 valence electrons. The first-order valence-electron chi connectivity index (χ1n) is 3.71. The van der Waals surface area contributed by atoms with Gasteiger partial charge in [-0.1, -0.05) is 24.8 Å². The topological polar surface area (TPSA) is 29.6 Å². The first-order valence-corrected chi connectivity index (χ1v) is 3.71. The third-order valence-corrected chi connectivity index (χ3v) is 1.62. The molecule has 1 fully saturated rings. The van der Waals surface area contributed by atoms with Gasteiger partial charge in [0, 0.05) is 6.42 Å².